The zero-order valence-electron chi connectivity index (χ0n) is 21.9. The maximum absolute atomic E-state index is 12.8. The number of aliphatic hydroxyl groups excluding tert-OH is 7. The summed E-state index contributed by atoms with van der Waals surface area (Å²) in [6.07, 6.45) is -16.9. The number of carbonyl (C=O) groups excluding carboxylic acids is 1. The van der Waals surface area contributed by atoms with Crippen molar-refractivity contribution in [1.82, 2.24) is 0 Å². The molecule has 3 aliphatic heterocycles. The summed E-state index contributed by atoms with van der Waals surface area (Å²) in [6.45, 7) is -1.25. The lowest BCUT2D eigenvalue weighted by Crippen LogP contribution is -2.62. The summed E-state index contributed by atoms with van der Waals surface area (Å²) < 4.78 is 27.8. The van der Waals surface area contributed by atoms with Crippen LogP contribution >= 0.6 is 0 Å². The zero-order chi connectivity index (χ0) is 30.3. The van der Waals surface area contributed by atoms with Gasteiger partial charge < -0.3 is 69.6 Å². The molecular formula is C27H32O15. The largest absolute Gasteiger partial charge is 0.508 e. The van der Waals surface area contributed by atoms with Gasteiger partial charge in [0, 0.05) is 12.1 Å². The molecule has 230 valence electrons. The van der Waals surface area contributed by atoms with Gasteiger partial charge in [0.05, 0.1) is 19.6 Å². The molecule has 0 amide bonds. The van der Waals surface area contributed by atoms with Gasteiger partial charge in [-0.05, 0) is 17.7 Å². The monoisotopic (exact) mass is 596 g/mol. The molecule has 15 nitrogen and oxygen atoms in total. The van der Waals surface area contributed by atoms with Crippen LogP contribution in [-0.2, 0) is 14.2 Å². The minimum atomic E-state index is -1.80. The van der Waals surface area contributed by atoms with E-state index in [1.165, 1.54) is 18.2 Å². The molecule has 3 heterocycles. The molecule has 0 bridgehead atoms. The first-order valence-electron chi connectivity index (χ1n) is 13.1. The fourth-order valence-electron chi connectivity index (χ4n) is 5.04. The van der Waals surface area contributed by atoms with Crippen LogP contribution < -0.4 is 9.47 Å². The van der Waals surface area contributed by atoms with Crippen LogP contribution in [0.15, 0.2) is 36.4 Å². The highest BCUT2D eigenvalue weighted by molar-refractivity contribution is 6.02. The average Bonchev–Trinajstić information content (AvgIpc) is 2.96. The van der Waals surface area contributed by atoms with Gasteiger partial charge in [-0.2, -0.15) is 0 Å². The van der Waals surface area contributed by atoms with Crippen LogP contribution in [0.25, 0.3) is 0 Å². The first kappa shape index (κ1) is 30.4. The van der Waals surface area contributed by atoms with Crippen LogP contribution in [0.4, 0.5) is 0 Å². The van der Waals surface area contributed by atoms with Gasteiger partial charge in [0.2, 0.25) is 6.29 Å². The molecular weight excluding hydrogens is 564 g/mol. The topological polar surface area (TPSA) is 245 Å². The molecule has 2 saturated heterocycles. The van der Waals surface area contributed by atoms with Crippen molar-refractivity contribution in [2.75, 3.05) is 13.2 Å². The lowest BCUT2D eigenvalue weighted by atomic mass is 9.95. The molecule has 42 heavy (non-hydrogen) atoms. The Bertz CT molecular complexity index is 1250. The van der Waals surface area contributed by atoms with Crippen LogP contribution in [0.5, 0.6) is 23.0 Å². The second-order valence-electron chi connectivity index (χ2n) is 10.3. The van der Waals surface area contributed by atoms with Crippen molar-refractivity contribution in [2.24, 2.45) is 0 Å². The van der Waals surface area contributed by atoms with Gasteiger partial charge in [-0.1, -0.05) is 12.1 Å². The van der Waals surface area contributed by atoms with Crippen molar-refractivity contribution in [3.63, 3.8) is 0 Å². The summed E-state index contributed by atoms with van der Waals surface area (Å²) in [5, 5.41) is 90.9. The van der Waals surface area contributed by atoms with Gasteiger partial charge in [-0.25, -0.2) is 0 Å². The Morgan fingerprint density at radius 2 is 1.40 bits per heavy atom. The highest BCUT2D eigenvalue weighted by Gasteiger charge is 2.48. The van der Waals surface area contributed by atoms with Gasteiger partial charge in [-0.3, -0.25) is 4.79 Å². The molecule has 2 fully saturated rings. The number of benzene rings is 2. The molecule has 5 rings (SSSR count). The lowest BCUT2D eigenvalue weighted by molar-refractivity contribution is -0.323. The summed E-state index contributed by atoms with van der Waals surface area (Å²) in [5.74, 6) is -0.981. The van der Waals surface area contributed by atoms with Gasteiger partial charge in [0.1, 0.15) is 83.5 Å². The zero-order valence-corrected chi connectivity index (χ0v) is 21.9. The summed E-state index contributed by atoms with van der Waals surface area (Å²) in [7, 11) is 0. The molecule has 3 aliphatic rings. The number of phenols is 2. The highest BCUT2D eigenvalue weighted by atomic mass is 16.7. The smallest absolute Gasteiger partial charge is 0.229 e. The van der Waals surface area contributed by atoms with E-state index in [1.807, 2.05) is 0 Å². The molecule has 0 spiro atoms. The van der Waals surface area contributed by atoms with E-state index >= 15 is 0 Å². The molecule has 2 aromatic carbocycles. The minimum Gasteiger partial charge on any atom is -0.508 e. The number of aromatic hydroxyl groups is 2. The molecule has 0 radical (unpaired) electrons. The Morgan fingerprint density at radius 3 is 2.07 bits per heavy atom. The number of fused-ring (bicyclic) bond motifs is 1. The minimum absolute atomic E-state index is 0.0206. The maximum atomic E-state index is 12.8. The second kappa shape index (κ2) is 12.3. The third-order valence-electron chi connectivity index (χ3n) is 7.43. The number of aliphatic hydroxyl groups is 7. The normalized spacial score (nSPS) is 36.6. The van der Waals surface area contributed by atoms with Crippen LogP contribution in [-0.4, -0.2) is 126 Å². The summed E-state index contributed by atoms with van der Waals surface area (Å²) in [6, 6.07) is 8.43. The third-order valence-corrected chi connectivity index (χ3v) is 7.43. The number of Topliss-reactive ketones (excluding diaryl/α,β-unsaturated/α-hetero) is 1. The summed E-state index contributed by atoms with van der Waals surface area (Å²) in [4.78, 5) is 12.8. The third kappa shape index (κ3) is 5.89. The Labute approximate surface area is 238 Å². The molecule has 15 heteroatoms. The van der Waals surface area contributed by atoms with E-state index in [2.05, 4.69) is 0 Å². The van der Waals surface area contributed by atoms with Crippen molar-refractivity contribution in [3.8, 4) is 23.0 Å². The van der Waals surface area contributed by atoms with Gasteiger partial charge in [-0.15, -0.1) is 0 Å². The Balaban J connectivity index is 1.29. The number of carbonyl (C=O) groups is 1. The number of phenolic OH excluding ortho intramolecular Hbond substituents is 2. The first-order chi connectivity index (χ1) is 20.0. The van der Waals surface area contributed by atoms with Crippen molar-refractivity contribution < 1.29 is 74.4 Å². The van der Waals surface area contributed by atoms with E-state index in [-0.39, 0.29) is 29.2 Å². The lowest BCUT2D eigenvalue weighted by Gasteiger charge is -2.42. The fourth-order valence-corrected chi connectivity index (χ4v) is 5.04. The van der Waals surface area contributed by atoms with E-state index in [0.717, 1.165) is 6.07 Å². The highest BCUT2D eigenvalue weighted by Crippen LogP contribution is 2.42. The summed E-state index contributed by atoms with van der Waals surface area (Å²) in [5.41, 5.74) is 0.520. The van der Waals surface area contributed by atoms with Crippen molar-refractivity contribution in [1.29, 1.82) is 0 Å². The van der Waals surface area contributed by atoms with Crippen molar-refractivity contribution in [2.45, 2.75) is 73.9 Å². The van der Waals surface area contributed by atoms with E-state index in [4.69, 9.17) is 23.7 Å². The van der Waals surface area contributed by atoms with Crippen LogP contribution in [0.3, 0.4) is 0 Å². The van der Waals surface area contributed by atoms with E-state index in [0.29, 0.717) is 5.56 Å². The van der Waals surface area contributed by atoms with E-state index in [9.17, 15) is 50.8 Å². The van der Waals surface area contributed by atoms with Gasteiger partial charge >= 0.3 is 0 Å². The quantitative estimate of drug-likeness (QED) is 0.165. The van der Waals surface area contributed by atoms with E-state index in [1.54, 1.807) is 12.1 Å². The van der Waals surface area contributed by atoms with Gasteiger partial charge in [0.15, 0.2) is 12.1 Å². The van der Waals surface area contributed by atoms with Gasteiger partial charge in [0.25, 0.3) is 0 Å². The Hall–Kier alpha value is -3.09. The van der Waals surface area contributed by atoms with Crippen molar-refractivity contribution >= 4 is 5.78 Å². The average molecular weight is 597 g/mol. The first-order valence-corrected chi connectivity index (χ1v) is 13.1. The number of ketones is 1. The standard InChI is InChI=1S/C27H32O15/c28-8-17-20(32)22(34)24(36)26(41-17)38-9-18-21(33)23(35)25(37)27(42-18)39-12-5-13(30)19-14(31)7-15(40-16(19)6-12)10-1-3-11(29)4-2-10/h1-6,15,17-18,20-30,32-37H,7-9H2/t15-,17+,18+,20+,21+,22-,23-,24+,25+,26+,27+/m0/s1. The predicted molar refractivity (Wildman–Crippen MR) is 136 cm³/mol. The second-order valence-corrected chi connectivity index (χ2v) is 10.3. The van der Waals surface area contributed by atoms with Crippen LogP contribution in [0, 0.1) is 0 Å². The number of hydrogen-bond donors (Lipinski definition) is 9. The number of hydrogen-bond acceptors (Lipinski definition) is 15. The molecule has 11 atom stereocenters. The molecule has 0 aromatic heterocycles. The Kier molecular flexibility index (Phi) is 8.86. The van der Waals surface area contributed by atoms with Crippen LogP contribution in [0.1, 0.15) is 28.4 Å². The molecule has 0 saturated carbocycles. The predicted octanol–water partition coefficient (Wildman–Crippen LogP) is -2.19. The SMILES string of the molecule is O=C1C[C@@H](c2ccc(O)cc2)Oc2cc(O[C@@H]3O[C@H](CO[C@@H]4O[C@H](CO)[C@@H](O)[C@H](O)[C@H]4O)[C@@H](O)[C@H](O)[C@H]3O)cc(O)c21. The molecule has 0 aliphatic carbocycles. The van der Waals surface area contributed by atoms with E-state index < -0.39 is 92.3 Å². The number of ether oxygens (including phenoxy) is 5. The molecule has 9 N–H and O–H groups in total. The fraction of sp³-hybridized carbons (Fsp3) is 0.519. The van der Waals surface area contributed by atoms with Crippen molar-refractivity contribution in [3.05, 3.63) is 47.5 Å². The van der Waals surface area contributed by atoms with Crippen LogP contribution in [0.2, 0.25) is 0 Å². The molecule has 0 unspecified atom stereocenters. The number of rotatable bonds is 7. The Morgan fingerprint density at radius 1 is 0.786 bits per heavy atom. The maximum Gasteiger partial charge on any atom is 0.229 e. The summed E-state index contributed by atoms with van der Waals surface area (Å²) >= 11 is 0. The molecule has 2 aromatic rings.